The minimum Gasteiger partial charge on any atom is -0.481 e. The molecule has 0 aromatic heterocycles. The Morgan fingerprint density at radius 3 is 1.92 bits per heavy atom. The zero-order valence-electron chi connectivity index (χ0n) is 8.31. The van der Waals surface area contributed by atoms with Crippen molar-refractivity contribution in [2.75, 3.05) is 0 Å². The number of carboxylic acids is 1. The minimum absolute atomic E-state index is 0. The molecule has 0 atom stereocenters. The van der Waals surface area contributed by atoms with Gasteiger partial charge in [-0.2, -0.15) is 0 Å². The van der Waals surface area contributed by atoms with Crippen molar-refractivity contribution < 1.29 is 27.0 Å². The molecular formula is C10H20CuO2. The summed E-state index contributed by atoms with van der Waals surface area (Å²) in [6, 6.07) is 0. The normalized spacial score (nSPS) is 9.31. The zero-order valence-corrected chi connectivity index (χ0v) is 9.26. The fourth-order valence-electron chi connectivity index (χ4n) is 1.23. The predicted octanol–water partition coefficient (Wildman–Crippen LogP) is 3.21. The molecule has 0 bridgehead atoms. The van der Waals surface area contributed by atoms with E-state index in [1.165, 1.54) is 32.1 Å². The summed E-state index contributed by atoms with van der Waals surface area (Å²) in [4.78, 5) is 10.1. The fourth-order valence-corrected chi connectivity index (χ4v) is 1.23. The van der Waals surface area contributed by atoms with Crippen LogP contribution >= 0.6 is 0 Å². The van der Waals surface area contributed by atoms with Crippen LogP contribution in [0.5, 0.6) is 0 Å². The fraction of sp³-hybridized carbons (Fsp3) is 0.900. The van der Waals surface area contributed by atoms with Crippen LogP contribution in [0.1, 0.15) is 58.3 Å². The number of unbranched alkanes of at least 4 members (excludes halogenated alkanes) is 6. The second-order valence-electron chi connectivity index (χ2n) is 3.27. The molecule has 0 saturated carbocycles. The van der Waals surface area contributed by atoms with Crippen LogP contribution in [-0.4, -0.2) is 11.1 Å². The van der Waals surface area contributed by atoms with E-state index < -0.39 is 5.97 Å². The Balaban J connectivity index is 0. The first-order chi connectivity index (χ1) is 5.77. The summed E-state index contributed by atoms with van der Waals surface area (Å²) in [5.41, 5.74) is 0. The molecule has 0 aliphatic rings. The van der Waals surface area contributed by atoms with Crippen LogP contribution in [0.4, 0.5) is 0 Å². The van der Waals surface area contributed by atoms with Gasteiger partial charge in [-0.3, -0.25) is 4.79 Å². The topological polar surface area (TPSA) is 37.3 Å². The van der Waals surface area contributed by atoms with Crippen LogP contribution in [0, 0.1) is 0 Å². The van der Waals surface area contributed by atoms with Crippen molar-refractivity contribution in [3.8, 4) is 0 Å². The molecule has 0 saturated heterocycles. The third-order valence-corrected chi connectivity index (χ3v) is 1.99. The second kappa shape index (κ2) is 12.0. The molecule has 0 fully saturated rings. The Morgan fingerprint density at radius 1 is 1.00 bits per heavy atom. The van der Waals surface area contributed by atoms with Crippen LogP contribution in [0.25, 0.3) is 0 Å². The summed E-state index contributed by atoms with van der Waals surface area (Å²) in [6.45, 7) is 2.20. The first kappa shape index (κ1) is 15.5. The molecule has 2 nitrogen and oxygen atoms in total. The zero-order chi connectivity index (χ0) is 9.23. The summed E-state index contributed by atoms with van der Waals surface area (Å²) >= 11 is 0. The van der Waals surface area contributed by atoms with E-state index in [1.54, 1.807) is 0 Å². The van der Waals surface area contributed by atoms with Crippen LogP contribution in [0.3, 0.4) is 0 Å². The van der Waals surface area contributed by atoms with Gasteiger partial charge in [-0.15, -0.1) is 0 Å². The van der Waals surface area contributed by atoms with Gasteiger partial charge in [0.05, 0.1) is 0 Å². The SMILES string of the molecule is CCCCCCCCCC(=O)O.[Cu]. The van der Waals surface area contributed by atoms with Gasteiger partial charge in [0.15, 0.2) is 0 Å². The van der Waals surface area contributed by atoms with Gasteiger partial charge < -0.3 is 5.11 Å². The van der Waals surface area contributed by atoms with E-state index >= 15 is 0 Å². The Bertz CT molecular complexity index is 115. The molecule has 83 valence electrons. The van der Waals surface area contributed by atoms with Crippen molar-refractivity contribution in [3.63, 3.8) is 0 Å². The molecule has 0 rings (SSSR count). The van der Waals surface area contributed by atoms with Gasteiger partial charge in [0.2, 0.25) is 0 Å². The Kier molecular flexibility index (Phi) is 14.3. The number of aliphatic carboxylic acids is 1. The molecular weight excluding hydrogens is 216 g/mol. The largest absolute Gasteiger partial charge is 0.481 e. The molecule has 13 heavy (non-hydrogen) atoms. The predicted molar refractivity (Wildman–Crippen MR) is 50.2 cm³/mol. The molecule has 1 radical (unpaired) electrons. The average Bonchev–Trinajstić information content (AvgIpc) is 2.02. The van der Waals surface area contributed by atoms with Gasteiger partial charge >= 0.3 is 5.97 Å². The maximum Gasteiger partial charge on any atom is 0.303 e. The molecule has 0 unspecified atom stereocenters. The monoisotopic (exact) mass is 235 g/mol. The number of carbonyl (C=O) groups is 1. The summed E-state index contributed by atoms with van der Waals surface area (Å²) in [5.74, 6) is -0.663. The van der Waals surface area contributed by atoms with Crippen molar-refractivity contribution in [2.24, 2.45) is 0 Å². The van der Waals surface area contributed by atoms with Gasteiger partial charge in [0.25, 0.3) is 0 Å². The smallest absolute Gasteiger partial charge is 0.303 e. The van der Waals surface area contributed by atoms with E-state index in [0.29, 0.717) is 6.42 Å². The van der Waals surface area contributed by atoms with E-state index in [4.69, 9.17) is 5.11 Å². The van der Waals surface area contributed by atoms with Crippen molar-refractivity contribution in [3.05, 3.63) is 0 Å². The van der Waals surface area contributed by atoms with Gasteiger partial charge in [-0.25, -0.2) is 0 Å². The molecule has 0 spiro atoms. The van der Waals surface area contributed by atoms with Gasteiger partial charge in [-0.05, 0) is 6.42 Å². The summed E-state index contributed by atoms with van der Waals surface area (Å²) in [5, 5.41) is 8.35. The van der Waals surface area contributed by atoms with E-state index in [-0.39, 0.29) is 17.1 Å². The van der Waals surface area contributed by atoms with Crippen LogP contribution < -0.4 is 0 Å². The first-order valence-electron chi connectivity index (χ1n) is 4.99. The average molecular weight is 236 g/mol. The first-order valence-corrected chi connectivity index (χ1v) is 4.99. The minimum atomic E-state index is -0.663. The second-order valence-corrected chi connectivity index (χ2v) is 3.27. The number of rotatable bonds is 8. The Morgan fingerprint density at radius 2 is 1.46 bits per heavy atom. The molecule has 3 heteroatoms. The Labute approximate surface area is 91.6 Å². The van der Waals surface area contributed by atoms with Crippen molar-refractivity contribution in [1.82, 2.24) is 0 Å². The molecule has 1 N–H and O–H groups in total. The van der Waals surface area contributed by atoms with Crippen molar-refractivity contribution >= 4 is 5.97 Å². The van der Waals surface area contributed by atoms with Gasteiger partial charge in [0, 0.05) is 23.5 Å². The van der Waals surface area contributed by atoms with Crippen LogP contribution in [0.15, 0.2) is 0 Å². The molecule has 0 aromatic rings. The summed E-state index contributed by atoms with van der Waals surface area (Å²) in [6.07, 6.45) is 8.64. The number of hydrogen-bond acceptors (Lipinski definition) is 1. The summed E-state index contributed by atoms with van der Waals surface area (Å²) in [7, 11) is 0. The van der Waals surface area contributed by atoms with Crippen molar-refractivity contribution in [1.29, 1.82) is 0 Å². The number of carboxylic acid groups (broad SMARTS) is 1. The maximum atomic E-state index is 10.1. The van der Waals surface area contributed by atoms with E-state index in [9.17, 15) is 4.79 Å². The van der Waals surface area contributed by atoms with E-state index in [1.807, 2.05) is 0 Å². The quantitative estimate of drug-likeness (QED) is 0.518. The molecule has 0 aliphatic heterocycles. The molecule has 0 heterocycles. The van der Waals surface area contributed by atoms with Gasteiger partial charge in [-0.1, -0.05) is 45.4 Å². The van der Waals surface area contributed by atoms with E-state index in [2.05, 4.69) is 6.92 Å². The number of hydrogen-bond donors (Lipinski definition) is 1. The van der Waals surface area contributed by atoms with Crippen molar-refractivity contribution in [2.45, 2.75) is 58.3 Å². The Hall–Kier alpha value is -0.0105. The summed E-state index contributed by atoms with van der Waals surface area (Å²) < 4.78 is 0. The third kappa shape index (κ3) is 14.8. The standard InChI is InChI=1S/C10H20O2.Cu/c1-2-3-4-5-6-7-8-9-10(11)12;/h2-9H2,1H3,(H,11,12);. The van der Waals surface area contributed by atoms with Gasteiger partial charge in [0.1, 0.15) is 0 Å². The van der Waals surface area contributed by atoms with Crippen LogP contribution in [-0.2, 0) is 21.9 Å². The maximum absolute atomic E-state index is 10.1. The molecule has 0 aliphatic carbocycles. The van der Waals surface area contributed by atoms with E-state index in [0.717, 1.165) is 12.8 Å². The third-order valence-electron chi connectivity index (χ3n) is 1.99. The van der Waals surface area contributed by atoms with Crippen LogP contribution in [0.2, 0.25) is 0 Å². The molecule has 0 amide bonds. The molecule has 0 aromatic carbocycles.